The smallest absolute Gasteiger partial charge is 0.307 e. The Kier molecular flexibility index (Phi) is 2.65. The molecule has 1 saturated carbocycles. The highest BCUT2D eigenvalue weighted by Gasteiger charge is 2.49. The van der Waals surface area contributed by atoms with Gasteiger partial charge in [-0.2, -0.15) is 0 Å². The predicted octanol–water partition coefficient (Wildman–Crippen LogP) is 3.42. The minimum atomic E-state index is -0.184. The first-order valence-electron chi connectivity index (χ1n) is 6.57. The maximum absolute atomic E-state index is 11.7. The van der Waals surface area contributed by atoms with Crippen molar-refractivity contribution in [2.45, 2.75) is 50.0 Å². The minimum absolute atomic E-state index is 0.0132. The first kappa shape index (κ1) is 10.8. The molecule has 0 unspecified atom stereocenters. The molecule has 1 spiro atoms. The number of ether oxygens (including phenoxy) is 1. The van der Waals surface area contributed by atoms with Gasteiger partial charge in [0.1, 0.15) is 5.60 Å². The Morgan fingerprint density at radius 1 is 1.06 bits per heavy atom. The maximum Gasteiger partial charge on any atom is 0.307 e. The number of hydrogen-bond donors (Lipinski definition) is 0. The van der Waals surface area contributed by atoms with Gasteiger partial charge in [-0.1, -0.05) is 36.8 Å². The summed E-state index contributed by atoms with van der Waals surface area (Å²) in [5.41, 5.74) is 1.08. The molecule has 0 bridgehead atoms. The molecule has 1 aliphatic carbocycles. The fourth-order valence-corrected chi connectivity index (χ4v) is 3.40. The summed E-state index contributed by atoms with van der Waals surface area (Å²) in [4.78, 5) is 11.7. The second-order valence-electron chi connectivity index (χ2n) is 5.27. The number of carbonyl (C=O) groups excluding carboxylic acids is 1. The summed E-state index contributed by atoms with van der Waals surface area (Å²) in [5, 5.41) is 0. The third-order valence-electron chi connectivity index (χ3n) is 4.22. The second kappa shape index (κ2) is 4.17. The highest BCUT2D eigenvalue weighted by Crippen LogP contribution is 2.48. The van der Waals surface area contributed by atoms with Crippen LogP contribution in [0.25, 0.3) is 0 Å². The van der Waals surface area contributed by atoms with Gasteiger partial charge >= 0.3 is 5.97 Å². The monoisotopic (exact) mass is 230 g/mol. The number of carbonyl (C=O) groups is 1. The molecule has 0 N–H and O–H groups in total. The van der Waals surface area contributed by atoms with Gasteiger partial charge in [-0.15, -0.1) is 0 Å². The lowest BCUT2D eigenvalue weighted by Crippen LogP contribution is -2.36. The van der Waals surface area contributed by atoms with Crippen molar-refractivity contribution in [3.63, 3.8) is 0 Å². The molecule has 3 rings (SSSR count). The van der Waals surface area contributed by atoms with Gasteiger partial charge in [0.15, 0.2) is 0 Å². The summed E-state index contributed by atoms with van der Waals surface area (Å²) in [6.07, 6.45) is 6.30. The zero-order chi connectivity index (χ0) is 11.7. The molecule has 2 nitrogen and oxygen atoms in total. The van der Waals surface area contributed by atoms with Crippen LogP contribution in [0.1, 0.15) is 50.0 Å². The first-order valence-corrected chi connectivity index (χ1v) is 6.57. The van der Waals surface area contributed by atoms with Crippen LogP contribution in [0.15, 0.2) is 30.3 Å². The van der Waals surface area contributed by atoms with Crippen LogP contribution in [0, 0.1) is 0 Å². The number of hydrogen-bond acceptors (Lipinski definition) is 2. The van der Waals surface area contributed by atoms with Gasteiger partial charge in [-0.25, -0.2) is 0 Å². The number of rotatable bonds is 1. The molecular formula is C15H18O2. The molecule has 90 valence electrons. The Morgan fingerprint density at radius 2 is 1.76 bits per heavy atom. The largest absolute Gasteiger partial charge is 0.458 e. The predicted molar refractivity (Wildman–Crippen MR) is 65.7 cm³/mol. The molecule has 2 heteroatoms. The molecule has 0 aromatic heterocycles. The fourth-order valence-electron chi connectivity index (χ4n) is 3.40. The molecule has 1 aromatic rings. The quantitative estimate of drug-likeness (QED) is 0.691. The molecule has 0 radical (unpaired) electrons. The molecule has 1 atom stereocenters. The summed E-state index contributed by atoms with van der Waals surface area (Å²) in [5.74, 6) is 0.261. The van der Waals surface area contributed by atoms with Crippen LogP contribution in [0.4, 0.5) is 0 Å². The molecule has 2 fully saturated rings. The van der Waals surface area contributed by atoms with Crippen LogP contribution in [0.3, 0.4) is 0 Å². The van der Waals surface area contributed by atoms with Crippen molar-refractivity contribution >= 4 is 5.97 Å². The van der Waals surface area contributed by atoms with Crippen molar-refractivity contribution in [3.05, 3.63) is 35.9 Å². The second-order valence-corrected chi connectivity index (χ2v) is 5.27. The van der Waals surface area contributed by atoms with E-state index in [1.807, 2.05) is 6.07 Å². The third-order valence-corrected chi connectivity index (χ3v) is 4.22. The van der Waals surface area contributed by atoms with Crippen molar-refractivity contribution in [2.24, 2.45) is 0 Å². The Bertz CT molecular complexity index is 404. The first-order chi connectivity index (χ1) is 8.30. The standard InChI is InChI=1S/C15H18O2/c16-14-11-13(12-7-3-1-4-8-12)15(17-14)9-5-2-6-10-15/h1,3-4,7-8,13H,2,5-6,9-11H2/t13-/m1/s1. The number of benzene rings is 1. The lowest BCUT2D eigenvalue weighted by molar-refractivity contribution is -0.151. The maximum atomic E-state index is 11.7. The van der Waals surface area contributed by atoms with Crippen LogP contribution in [0.5, 0.6) is 0 Å². The van der Waals surface area contributed by atoms with Crippen LogP contribution >= 0.6 is 0 Å². The van der Waals surface area contributed by atoms with Gasteiger partial charge in [0.05, 0.1) is 6.42 Å². The zero-order valence-electron chi connectivity index (χ0n) is 10.0. The van der Waals surface area contributed by atoms with Crippen LogP contribution in [-0.2, 0) is 9.53 Å². The Hall–Kier alpha value is -1.31. The average Bonchev–Trinajstić information content (AvgIpc) is 2.68. The summed E-state index contributed by atoms with van der Waals surface area (Å²) < 4.78 is 5.72. The summed E-state index contributed by atoms with van der Waals surface area (Å²) in [6, 6.07) is 10.4. The van der Waals surface area contributed by atoms with Gasteiger partial charge in [0, 0.05) is 5.92 Å². The molecule has 17 heavy (non-hydrogen) atoms. The van der Waals surface area contributed by atoms with Crippen molar-refractivity contribution in [1.82, 2.24) is 0 Å². The highest BCUT2D eigenvalue weighted by molar-refractivity contribution is 5.74. The fraction of sp³-hybridized carbons (Fsp3) is 0.533. The van der Waals surface area contributed by atoms with Gasteiger partial charge in [-0.05, 0) is 31.2 Å². The average molecular weight is 230 g/mol. The van der Waals surface area contributed by atoms with Crippen molar-refractivity contribution in [3.8, 4) is 0 Å². The van der Waals surface area contributed by atoms with Crippen LogP contribution < -0.4 is 0 Å². The molecule has 1 aromatic carbocycles. The van der Waals surface area contributed by atoms with Crippen LogP contribution in [0.2, 0.25) is 0 Å². The van der Waals surface area contributed by atoms with Gasteiger partial charge in [0.2, 0.25) is 0 Å². The van der Waals surface area contributed by atoms with E-state index in [0.29, 0.717) is 6.42 Å². The van der Waals surface area contributed by atoms with E-state index in [0.717, 1.165) is 12.8 Å². The Balaban J connectivity index is 1.94. The topological polar surface area (TPSA) is 26.3 Å². The van der Waals surface area contributed by atoms with E-state index in [1.165, 1.54) is 24.8 Å². The van der Waals surface area contributed by atoms with E-state index in [-0.39, 0.29) is 17.5 Å². The van der Waals surface area contributed by atoms with Gasteiger partial charge < -0.3 is 4.74 Å². The van der Waals surface area contributed by atoms with Crippen molar-refractivity contribution in [2.75, 3.05) is 0 Å². The summed E-state index contributed by atoms with van der Waals surface area (Å²) in [6.45, 7) is 0. The Morgan fingerprint density at radius 3 is 2.47 bits per heavy atom. The van der Waals surface area contributed by atoms with E-state index in [2.05, 4.69) is 24.3 Å². The van der Waals surface area contributed by atoms with Crippen molar-refractivity contribution < 1.29 is 9.53 Å². The van der Waals surface area contributed by atoms with Gasteiger partial charge in [0.25, 0.3) is 0 Å². The SMILES string of the molecule is O=C1C[C@H](c2ccccc2)C2(CCCCC2)O1. The van der Waals surface area contributed by atoms with Crippen molar-refractivity contribution in [1.29, 1.82) is 0 Å². The molecule has 1 saturated heterocycles. The van der Waals surface area contributed by atoms with E-state index in [9.17, 15) is 4.79 Å². The van der Waals surface area contributed by atoms with Gasteiger partial charge in [-0.3, -0.25) is 4.79 Å². The van der Waals surface area contributed by atoms with Crippen LogP contribution in [-0.4, -0.2) is 11.6 Å². The van der Waals surface area contributed by atoms with E-state index in [1.54, 1.807) is 0 Å². The van der Waals surface area contributed by atoms with E-state index >= 15 is 0 Å². The number of esters is 1. The Labute approximate surface area is 102 Å². The molecular weight excluding hydrogens is 212 g/mol. The molecule has 2 aliphatic rings. The normalized spacial score (nSPS) is 27.1. The molecule has 0 amide bonds. The molecule has 1 heterocycles. The lowest BCUT2D eigenvalue weighted by Gasteiger charge is -2.37. The van der Waals surface area contributed by atoms with E-state index in [4.69, 9.17) is 4.74 Å². The third kappa shape index (κ3) is 1.86. The summed E-state index contributed by atoms with van der Waals surface area (Å²) in [7, 11) is 0. The lowest BCUT2D eigenvalue weighted by atomic mass is 9.73. The summed E-state index contributed by atoms with van der Waals surface area (Å²) >= 11 is 0. The zero-order valence-corrected chi connectivity index (χ0v) is 10.0. The minimum Gasteiger partial charge on any atom is -0.458 e. The molecule has 1 aliphatic heterocycles. The van der Waals surface area contributed by atoms with E-state index < -0.39 is 0 Å². The highest BCUT2D eigenvalue weighted by atomic mass is 16.6.